The van der Waals surface area contributed by atoms with Crippen LogP contribution in [-0.4, -0.2) is 17.0 Å². The summed E-state index contributed by atoms with van der Waals surface area (Å²) >= 11 is 0. The Morgan fingerprint density at radius 3 is 2.57 bits per heavy atom. The molecule has 0 bridgehead atoms. The number of fused-ring (bicyclic) bond motifs is 1. The van der Waals surface area contributed by atoms with Crippen molar-refractivity contribution in [3.05, 3.63) is 35.4 Å². The summed E-state index contributed by atoms with van der Waals surface area (Å²) in [5.74, 6) is -1.29. The summed E-state index contributed by atoms with van der Waals surface area (Å²) in [6.45, 7) is 4.39. The predicted molar refractivity (Wildman–Crippen MR) is 87.9 cm³/mol. The van der Waals surface area contributed by atoms with Gasteiger partial charge in [-0.2, -0.15) is 0 Å². The first kappa shape index (κ1) is 16.0. The van der Waals surface area contributed by atoms with Crippen LogP contribution in [0.5, 0.6) is 0 Å². The van der Waals surface area contributed by atoms with Crippen LogP contribution in [0.25, 0.3) is 0 Å². The molecule has 124 valence electrons. The third-order valence-corrected chi connectivity index (χ3v) is 5.63. The zero-order valence-corrected chi connectivity index (χ0v) is 13.8. The first-order valence-electron chi connectivity index (χ1n) is 8.49. The highest BCUT2D eigenvalue weighted by Gasteiger charge is 2.39. The first-order valence-corrected chi connectivity index (χ1v) is 8.49. The van der Waals surface area contributed by atoms with Gasteiger partial charge < -0.3 is 10.4 Å². The number of nitrogens with one attached hydrogen (secondary N) is 1. The van der Waals surface area contributed by atoms with Crippen molar-refractivity contribution >= 4 is 11.9 Å². The maximum atomic E-state index is 12.7. The largest absolute Gasteiger partial charge is 0.481 e. The van der Waals surface area contributed by atoms with Gasteiger partial charge in [-0.15, -0.1) is 0 Å². The standard InChI is InChI=1S/C19H25NO3/c1-19(2)10-9-12-5-3-4-6-15(12)16(19)20-17(21)13-7-8-14(11-13)18(22)23/h3-6,13-14,16H,7-11H2,1-2H3,(H,20,21)(H,22,23)/t13-,14+,16?/m1/s1. The van der Waals surface area contributed by atoms with E-state index in [0.717, 1.165) is 12.8 Å². The van der Waals surface area contributed by atoms with Gasteiger partial charge in [-0.1, -0.05) is 38.1 Å². The molecule has 0 spiro atoms. The first-order chi connectivity index (χ1) is 10.9. The SMILES string of the molecule is CC1(C)CCc2ccccc2C1NC(=O)[C@@H]1CC[C@H](C(=O)O)C1. The molecule has 2 aliphatic rings. The average Bonchev–Trinajstić information content (AvgIpc) is 3.00. The van der Waals surface area contributed by atoms with Crippen LogP contribution in [0.4, 0.5) is 0 Å². The van der Waals surface area contributed by atoms with Gasteiger partial charge in [-0.25, -0.2) is 0 Å². The molecule has 1 saturated carbocycles. The van der Waals surface area contributed by atoms with Crippen LogP contribution in [0.2, 0.25) is 0 Å². The quantitative estimate of drug-likeness (QED) is 0.899. The second kappa shape index (κ2) is 5.99. The summed E-state index contributed by atoms with van der Waals surface area (Å²) in [7, 11) is 0. The zero-order valence-electron chi connectivity index (χ0n) is 13.8. The van der Waals surface area contributed by atoms with E-state index >= 15 is 0 Å². The van der Waals surface area contributed by atoms with Crippen LogP contribution >= 0.6 is 0 Å². The summed E-state index contributed by atoms with van der Waals surface area (Å²) in [4.78, 5) is 23.8. The third-order valence-electron chi connectivity index (χ3n) is 5.63. The molecule has 23 heavy (non-hydrogen) atoms. The summed E-state index contributed by atoms with van der Waals surface area (Å²) in [5, 5.41) is 12.4. The Hall–Kier alpha value is -1.84. The maximum Gasteiger partial charge on any atom is 0.306 e. The van der Waals surface area contributed by atoms with Crippen LogP contribution in [0.3, 0.4) is 0 Å². The van der Waals surface area contributed by atoms with Crippen molar-refractivity contribution in [1.29, 1.82) is 0 Å². The molecule has 3 atom stereocenters. The highest BCUT2D eigenvalue weighted by Crippen LogP contribution is 2.44. The normalized spacial score (nSPS) is 28.9. The van der Waals surface area contributed by atoms with E-state index in [1.54, 1.807) is 0 Å². The lowest BCUT2D eigenvalue weighted by Gasteiger charge is -2.41. The molecular weight excluding hydrogens is 290 g/mol. The number of aliphatic carboxylic acids is 1. The number of hydrogen-bond acceptors (Lipinski definition) is 2. The van der Waals surface area contributed by atoms with Crippen LogP contribution in [0, 0.1) is 17.3 Å². The minimum atomic E-state index is -0.774. The van der Waals surface area contributed by atoms with Crippen molar-refractivity contribution < 1.29 is 14.7 Å². The Labute approximate surface area is 137 Å². The molecule has 0 heterocycles. The molecule has 0 radical (unpaired) electrons. The zero-order chi connectivity index (χ0) is 16.6. The molecule has 1 unspecified atom stereocenters. The molecule has 1 fully saturated rings. The van der Waals surface area contributed by atoms with Crippen LogP contribution < -0.4 is 5.32 Å². The molecule has 3 rings (SSSR count). The fourth-order valence-corrected chi connectivity index (χ4v) is 4.04. The number of carbonyl (C=O) groups excluding carboxylic acids is 1. The Morgan fingerprint density at radius 2 is 1.87 bits per heavy atom. The van der Waals surface area contributed by atoms with Crippen molar-refractivity contribution in [3.8, 4) is 0 Å². The van der Waals surface area contributed by atoms with E-state index in [4.69, 9.17) is 5.11 Å². The molecule has 0 aliphatic heterocycles. The number of carboxylic acid groups (broad SMARTS) is 1. The second-order valence-electron chi connectivity index (χ2n) is 7.67. The molecular formula is C19H25NO3. The molecule has 1 aromatic carbocycles. The second-order valence-corrected chi connectivity index (χ2v) is 7.67. The smallest absolute Gasteiger partial charge is 0.306 e. The molecule has 2 aliphatic carbocycles. The van der Waals surface area contributed by atoms with Gasteiger partial charge in [0.15, 0.2) is 0 Å². The van der Waals surface area contributed by atoms with Gasteiger partial charge in [-0.05, 0) is 48.6 Å². The van der Waals surface area contributed by atoms with Gasteiger partial charge in [0.1, 0.15) is 0 Å². The number of carboxylic acids is 1. The molecule has 2 N–H and O–H groups in total. The van der Waals surface area contributed by atoms with E-state index < -0.39 is 5.97 Å². The fourth-order valence-electron chi connectivity index (χ4n) is 4.04. The maximum absolute atomic E-state index is 12.7. The van der Waals surface area contributed by atoms with Gasteiger partial charge in [-0.3, -0.25) is 9.59 Å². The summed E-state index contributed by atoms with van der Waals surface area (Å²) in [6, 6.07) is 8.32. The highest BCUT2D eigenvalue weighted by molar-refractivity contribution is 5.81. The summed E-state index contributed by atoms with van der Waals surface area (Å²) < 4.78 is 0. The van der Waals surface area contributed by atoms with E-state index in [1.165, 1.54) is 11.1 Å². The monoisotopic (exact) mass is 315 g/mol. The van der Waals surface area contributed by atoms with E-state index in [2.05, 4.69) is 31.3 Å². The predicted octanol–water partition coefficient (Wildman–Crippen LogP) is 3.32. The minimum absolute atomic E-state index is 0.00354. The van der Waals surface area contributed by atoms with E-state index in [0.29, 0.717) is 19.3 Å². The Bertz CT molecular complexity index is 623. The van der Waals surface area contributed by atoms with Gasteiger partial charge in [0.25, 0.3) is 0 Å². The summed E-state index contributed by atoms with van der Waals surface area (Å²) in [6.07, 6.45) is 3.84. The van der Waals surface area contributed by atoms with Gasteiger partial charge >= 0.3 is 5.97 Å². The molecule has 1 amide bonds. The van der Waals surface area contributed by atoms with E-state index in [1.807, 2.05) is 12.1 Å². The van der Waals surface area contributed by atoms with Crippen molar-refractivity contribution in [2.24, 2.45) is 17.3 Å². The Kier molecular flexibility index (Phi) is 4.17. The lowest BCUT2D eigenvalue weighted by molar-refractivity contribution is -0.141. The van der Waals surface area contributed by atoms with E-state index in [-0.39, 0.29) is 29.2 Å². The van der Waals surface area contributed by atoms with Crippen LogP contribution in [-0.2, 0) is 16.0 Å². The molecule has 1 aromatic rings. The Morgan fingerprint density at radius 1 is 1.17 bits per heavy atom. The molecule has 0 aromatic heterocycles. The number of rotatable bonds is 3. The minimum Gasteiger partial charge on any atom is -0.481 e. The lowest BCUT2D eigenvalue weighted by atomic mass is 9.70. The summed E-state index contributed by atoms with van der Waals surface area (Å²) in [5.41, 5.74) is 2.53. The average molecular weight is 315 g/mol. The third kappa shape index (κ3) is 3.12. The van der Waals surface area contributed by atoms with Crippen molar-refractivity contribution in [2.75, 3.05) is 0 Å². The highest BCUT2D eigenvalue weighted by atomic mass is 16.4. The number of aryl methyl sites for hydroxylation is 1. The topological polar surface area (TPSA) is 66.4 Å². The number of benzene rings is 1. The fraction of sp³-hybridized carbons (Fsp3) is 0.579. The number of amides is 1. The van der Waals surface area contributed by atoms with Gasteiger partial charge in [0.2, 0.25) is 5.91 Å². The van der Waals surface area contributed by atoms with Crippen molar-refractivity contribution in [3.63, 3.8) is 0 Å². The number of hydrogen-bond donors (Lipinski definition) is 2. The van der Waals surface area contributed by atoms with E-state index in [9.17, 15) is 9.59 Å². The van der Waals surface area contributed by atoms with Gasteiger partial charge in [0.05, 0.1) is 12.0 Å². The van der Waals surface area contributed by atoms with Crippen LogP contribution in [0.1, 0.15) is 56.7 Å². The molecule has 4 heteroatoms. The van der Waals surface area contributed by atoms with Gasteiger partial charge in [0, 0.05) is 5.92 Å². The molecule has 4 nitrogen and oxygen atoms in total. The lowest BCUT2D eigenvalue weighted by Crippen LogP contribution is -2.43. The van der Waals surface area contributed by atoms with Crippen molar-refractivity contribution in [1.82, 2.24) is 5.32 Å². The molecule has 0 saturated heterocycles. The van der Waals surface area contributed by atoms with Crippen molar-refractivity contribution in [2.45, 2.75) is 52.0 Å². The Balaban J connectivity index is 1.76. The van der Waals surface area contributed by atoms with Crippen LogP contribution in [0.15, 0.2) is 24.3 Å². The number of carbonyl (C=O) groups is 2.